The summed E-state index contributed by atoms with van der Waals surface area (Å²) in [6.45, 7) is 18.7. The minimum atomic E-state index is 0.258. The molecule has 23 heavy (non-hydrogen) atoms. The van der Waals surface area contributed by atoms with Crippen LogP contribution in [-0.4, -0.2) is 5.78 Å². The van der Waals surface area contributed by atoms with E-state index in [0.29, 0.717) is 24.0 Å². The molecular weight excluding hydrogens is 280 g/mol. The van der Waals surface area contributed by atoms with Crippen LogP contribution in [0.1, 0.15) is 65.7 Å². The van der Waals surface area contributed by atoms with Gasteiger partial charge in [-0.2, -0.15) is 0 Å². The molecule has 1 unspecified atom stereocenters. The van der Waals surface area contributed by atoms with Crippen LogP contribution in [0.3, 0.4) is 0 Å². The van der Waals surface area contributed by atoms with Crippen LogP contribution in [0.5, 0.6) is 0 Å². The minimum Gasteiger partial charge on any atom is -0.299 e. The third kappa shape index (κ3) is 4.34. The highest BCUT2D eigenvalue weighted by Crippen LogP contribution is 2.39. The normalized spacial score (nSPS) is 28.1. The fraction of sp³-hybridized carbons (Fsp3) is 0.591. The summed E-state index contributed by atoms with van der Waals surface area (Å²) in [6.07, 6.45) is 7.08. The molecule has 2 rings (SSSR count). The fourth-order valence-corrected chi connectivity index (χ4v) is 4.02. The Morgan fingerprint density at radius 2 is 1.78 bits per heavy atom. The molecule has 0 amide bonds. The van der Waals surface area contributed by atoms with Gasteiger partial charge in [0.25, 0.3) is 0 Å². The summed E-state index contributed by atoms with van der Waals surface area (Å²) in [5, 5.41) is 0. The first kappa shape index (κ1) is 18.0. The zero-order chi connectivity index (χ0) is 17.1. The smallest absolute Gasteiger partial charge is 0.140 e. The lowest BCUT2D eigenvalue weighted by Gasteiger charge is -2.28. The van der Waals surface area contributed by atoms with E-state index in [4.69, 9.17) is 0 Å². The van der Waals surface area contributed by atoms with E-state index >= 15 is 0 Å². The molecular formula is C22H32O. The fourth-order valence-electron chi connectivity index (χ4n) is 4.02. The summed E-state index contributed by atoms with van der Waals surface area (Å²) in [4.78, 5) is 12.7. The van der Waals surface area contributed by atoms with Gasteiger partial charge in [-0.05, 0) is 69.8 Å². The van der Waals surface area contributed by atoms with Gasteiger partial charge < -0.3 is 0 Å². The molecule has 0 aliphatic heterocycles. The van der Waals surface area contributed by atoms with Gasteiger partial charge in [-0.3, -0.25) is 4.79 Å². The molecule has 2 aliphatic carbocycles. The summed E-state index contributed by atoms with van der Waals surface area (Å²) in [5.74, 6) is 1.94. The molecule has 1 heteroatoms. The van der Waals surface area contributed by atoms with Gasteiger partial charge in [-0.1, -0.05) is 49.0 Å². The van der Waals surface area contributed by atoms with Gasteiger partial charge >= 0.3 is 0 Å². The van der Waals surface area contributed by atoms with E-state index in [-0.39, 0.29) is 5.92 Å². The van der Waals surface area contributed by atoms with Crippen molar-refractivity contribution in [3.63, 3.8) is 0 Å². The van der Waals surface area contributed by atoms with Crippen LogP contribution in [0.2, 0.25) is 0 Å². The van der Waals surface area contributed by atoms with Gasteiger partial charge in [0.05, 0.1) is 0 Å². The third-order valence-electron chi connectivity index (χ3n) is 5.99. The minimum absolute atomic E-state index is 0.258. The Hall–Kier alpha value is -1.37. The third-order valence-corrected chi connectivity index (χ3v) is 5.99. The average Bonchev–Trinajstić information content (AvgIpc) is 2.74. The summed E-state index contributed by atoms with van der Waals surface area (Å²) < 4.78 is 0. The molecule has 0 aromatic carbocycles. The number of rotatable bonds is 6. The Kier molecular flexibility index (Phi) is 5.84. The van der Waals surface area contributed by atoms with Crippen LogP contribution < -0.4 is 0 Å². The monoisotopic (exact) mass is 312 g/mol. The highest BCUT2D eigenvalue weighted by atomic mass is 16.1. The standard InChI is InChI=1S/C22H32O/c1-14(2)15(3)12-19-7-9-20(10-8-19)22(23)13-21-17(5)11-16(4)18(21)6/h16,19-20H,1,3,5,7-13H2,2,4,6H3. The van der Waals surface area contributed by atoms with Gasteiger partial charge in [0.2, 0.25) is 0 Å². The van der Waals surface area contributed by atoms with Gasteiger partial charge in [0.15, 0.2) is 0 Å². The van der Waals surface area contributed by atoms with Crippen molar-refractivity contribution in [2.75, 3.05) is 0 Å². The van der Waals surface area contributed by atoms with E-state index in [1.807, 2.05) is 6.92 Å². The summed E-state index contributed by atoms with van der Waals surface area (Å²) in [5.41, 5.74) is 6.10. The highest BCUT2D eigenvalue weighted by Gasteiger charge is 2.29. The summed E-state index contributed by atoms with van der Waals surface area (Å²) >= 11 is 0. The Morgan fingerprint density at radius 3 is 2.26 bits per heavy atom. The van der Waals surface area contributed by atoms with Crippen LogP contribution in [0.25, 0.3) is 0 Å². The molecule has 0 aromatic rings. The second-order valence-corrected chi connectivity index (χ2v) is 7.82. The van der Waals surface area contributed by atoms with Crippen LogP contribution in [0.15, 0.2) is 47.6 Å². The molecule has 0 N–H and O–H groups in total. The van der Waals surface area contributed by atoms with Crippen molar-refractivity contribution in [1.29, 1.82) is 0 Å². The number of allylic oxidation sites excluding steroid dienone is 5. The number of Topliss-reactive ketones (excluding diaryl/α,β-unsaturated/α-hetero) is 1. The van der Waals surface area contributed by atoms with Gasteiger partial charge in [0.1, 0.15) is 5.78 Å². The van der Waals surface area contributed by atoms with Crippen LogP contribution >= 0.6 is 0 Å². The van der Waals surface area contributed by atoms with Crippen LogP contribution in [0.4, 0.5) is 0 Å². The second kappa shape index (κ2) is 7.47. The lowest BCUT2D eigenvalue weighted by molar-refractivity contribution is -0.123. The Labute approximate surface area is 142 Å². The van der Waals surface area contributed by atoms with E-state index in [1.54, 1.807) is 0 Å². The van der Waals surface area contributed by atoms with Crippen molar-refractivity contribution in [3.05, 3.63) is 47.6 Å². The van der Waals surface area contributed by atoms with E-state index in [9.17, 15) is 4.79 Å². The molecule has 1 atom stereocenters. The topological polar surface area (TPSA) is 17.1 Å². The maximum Gasteiger partial charge on any atom is 0.140 e. The van der Waals surface area contributed by atoms with E-state index < -0.39 is 0 Å². The maximum atomic E-state index is 12.7. The van der Waals surface area contributed by atoms with Crippen molar-refractivity contribution >= 4 is 5.78 Å². The van der Waals surface area contributed by atoms with Crippen molar-refractivity contribution in [2.45, 2.75) is 65.7 Å². The van der Waals surface area contributed by atoms with Crippen LogP contribution in [0, 0.1) is 17.8 Å². The largest absolute Gasteiger partial charge is 0.299 e. The molecule has 126 valence electrons. The first-order valence-corrected chi connectivity index (χ1v) is 9.03. The Balaban J connectivity index is 1.86. The molecule has 2 aliphatic rings. The maximum absolute atomic E-state index is 12.7. The number of hydrogen-bond acceptors (Lipinski definition) is 1. The van der Waals surface area contributed by atoms with Gasteiger partial charge in [-0.25, -0.2) is 0 Å². The quantitative estimate of drug-likeness (QED) is 0.535. The predicted molar refractivity (Wildman–Crippen MR) is 99.3 cm³/mol. The van der Waals surface area contributed by atoms with Crippen LogP contribution in [-0.2, 0) is 4.79 Å². The molecule has 1 saturated carbocycles. The molecule has 1 fully saturated rings. The molecule has 0 radical (unpaired) electrons. The van der Waals surface area contributed by atoms with Crippen molar-refractivity contribution < 1.29 is 4.79 Å². The number of carbonyl (C=O) groups excluding carboxylic acids is 1. The van der Waals surface area contributed by atoms with E-state index in [2.05, 4.69) is 33.6 Å². The second-order valence-electron chi connectivity index (χ2n) is 7.82. The van der Waals surface area contributed by atoms with Crippen molar-refractivity contribution in [2.24, 2.45) is 17.8 Å². The Bertz CT molecular complexity index is 553. The SMILES string of the molecule is C=C(C)C(=C)CC1CCC(C(=O)CC2=C(C)C(C)CC2=C)CC1. The van der Waals surface area contributed by atoms with Gasteiger partial charge in [0, 0.05) is 12.3 Å². The number of ketones is 1. The highest BCUT2D eigenvalue weighted by molar-refractivity contribution is 5.84. The summed E-state index contributed by atoms with van der Waals surface area (Å²) in [7, 11) is 0. The lowest BCUT2D eigenvalue weighted by Crippen LogP contribution is -2.22. The lowest BCUT2D eigenvalue weighted by atomic mass is 9.76. The number of hydrogen-bond donors (Lipinski definition) is 0. The average molecular weight is 312 g/mol. The van der Waals surface area contributed by atoms with Crippen molar-refractivity contribution in [3.8, 4) is 0 Å². The molecule has 0 bridgehead atoms. The first-order valence-electron chi connectivity index (χ1n) is 9.03. The molecule has 1 nitrogen and oxygen atoms in total. The van der Waals surface area contributed by atoms with Gasteiger partial charge in [-0.15, -0.1) is 0 Å². The molecule has 0 heterocycles. The summed E-state index contributed by atoms with van der Waals surface area (Å²) in [6, 6.07) is 0. The molecule has 0 saturated heterocycles. The van der Waals surface area contributed by atoms with E-state index in [0.717, 1.165) is 44.1 Å². The van der Waals surface area contributed by atoms with E-state index in [1.165, 1.54) is 22.3 Å². The Morgan fingerprint density at radius 1 is 1.17 bits per heavy atom. The first-order chi connectivity index (χ1) is 10.8. The number of carbonyl (C=O) groups is 1. The zero-order valence-electron chi connectivity index (χ0n) is 15.2. The van der Waals surface area contributed by atoms with Crippen molar-refractivity contribution in [1.82, 2.24) is 0 Å². The molecule has 0 aromatic heterocycles. The molecule has 0 spiro atoms. The predicted octanol–water partition coefficient (Wildman–Crippen LogP) is 6.19. The zero-order valence-corrected chi connectivity index (χ0v) is 15.2.